The Hall–Kier alpha value is -2.84. The zero-order valence-corrected chi connectivity index (χ0v) is 17.2. The van der Waals surface area contributed by atoms with E-state index in [4.69, 9.17) is 11.6 Å². The zero-order valence-electron chi connectivity index (χ0n) is 15.6. The molecule has 0 radical (unpaired) electrons. The lowest BCUT2D eigenvalue weighted by molar-refractivity contribution is -0.120. The number of anilines is 2. The SMILES string of the molecule is CCn1c(SCC(=O)N2CC(=O)Nc3ccccc32)nnc1-c1cccc(Cl)c1. The molecule has 2 heterocycles. The van der Waals surface area contributed by atoms with Gasteiger partial charge in [-0.3, -0.25) is 9.59 Å². The van der Waals surface area contributed by atoms with Crippen LogP contribution in [0.5, 0.6) is 0 Å². The third-order valence-corrected chi connectivity index (χ3v) is 5.70. The average molecular weight is 428 g/mol. The van der Waals surface area contributed by atoms with Crippen molar-refractivity contribution in [1.29, 1.82) is 0 Å². The highest BCUT2D eigenvalue weighted by Gasteiger charge is 2.27. The molecular weight excluding hydrogens is 410 g/mol. The van der Waals surface area contributed by atoms with Crippen molar-refractivity contribution in [3.8, 4) is 11.4 Å². The molecule has 3 aromatic rings. The van der Waals surface area contributed by atoms with Gasteiger partial charge in [0.1, 0.15) is 6.54 Å². The number of para-hydroxylation sites is 2. The number of fused-ring (bicyclic) bond motifs is 1. The molecule has 1 aliphatic heterocycles. The highest BCUT2D eigenvalue weighted by molar-refractivity contribution is 7.99. The van der Waals surface area contributed by atoms with Crippen LogP contribution in [-0.2, 0) is 16.1 Å². The minimum atomic E-state index is -0.206. The van der Waals surface area contributed by atoms with E-state index < -0.39 is 0 Å². The lowest BCUT2D eigenvalue weighted by Gasteiger charge is -2.29. The van der Waals surface area contributed by atoms with Crippen LogP contribution in [0.3, 0.4) is 0 Å². The largest absolute Gasteiger partial charge is 0.323 e. The van der Waals surface area contributed by atoms with Crippen molar-refractivity contribution in [3.63, 3.8) is 0 Å². The first-order chi connectivity index (χ1) is 14.1. The van der Waals surface area contributed by atoms with Crippen molar-refractivity contribution >= 4 is 46.6 Å². The fourth-order valence-electron chi connectivity index (χ4n) is 3.18. The van der Waals surface area contributed by atoms with Crippen molar-refractivity contribution in [2.45, 2.75) is 18.6 Å². The zero-order chi connectivity index (χ0) is 20.4. The van der Waals surface area contributed by atoms with E-state index in [0.717, 1.165) is 5.56 Å². The number of nitrogens with zero attached hydrogens (tertiary/aromatic N) is 4. The van der Waals surface area contributed by atoms with Crippen LogP contribution in [0.25, 0.3) is 11.4 Å². The molecule has 0 saturated heterocycles. The number of hydrogen-bond acceptors (Lipinski definition) is 5. The molecule has 0 fully saturated rings. The molecule has 0 atom stereocenters. The predicted octanol–water partition coefficient (Wildman–Crippen LogP) is 3.70. The molecule has 29 heavy (non-hydrogen) atoms. The number of carbonyl (C=O) groups excluding carboxylic acids is 2. The molecule has 2 aromatic carbocycles. The highest BCUT2D eigenvalue weighted by Crippen LogP contribution is 2.30. The van der Waals surface area contributed by atoms with Crippen molar-refractivity contribution < 1.29 is 9.59 Å². The first kappa shape index (κ1) is 19.5. The standard InChI is InChI=1S/C20H18ClN5O2S/c1-2-25-19(13-6-5-7-14(21)10-13)23-24-20(25)29-12-18(28)26-11-17(27)22-15-8-3-4-9-16(15)26/h3-10H,2,11-12H2,1H3,(H,22,27). The number of benzene rings is 2. The van der Waals surface area contributed by atoms with Gasteiger partial charge < -0.3 is 14.8 Å². The quantitative estimate of drug-likeness (QED) is 0.628. The first-order valence-electron chi connectivity index (χ1n) is 9.08. The summed E-state index contributed by atoms with van der Waals surface area (Å²) in [6.07, 6.45) is 0. The van der Waals surface area contributed by atoms with Crippen molar-refractivity contribution in [3.05, 3.63) is 53.6 Å². The van der Waals surface area contributed by atoms with Gasteiger partial charge in [0, 0.05) is 17.1 Å². The number of carbonyl (C=O) groups is 2. The van der Waals surface area contributed by atoms with Crippen LogP contribution in [0.4, 0.5) is 11.4 Å². The summed E-state index contributed by atoms with van der Waals surface area (Å²) >= 11 is 7.40. The van der Waals surface area contributed by atoms with Gasteiger partial charge in [-0.2, -0.15) is 0 Å². The maximum atomic E-state index is 12.9. The van der Waals surface area contributed by atoms with Crippen molar-refractivity contribution in [2.75, 3.05) is 22.5 Å². The average Bonchev–Trinajstić information content (AvgIpc) is 3.14. The van der Waals surface area contributed by atoms with Crippen LogP contribution in [0.2, 0.25) is 5.02 Å². The van der Waals surface area contributed by atoms with Gasteiger partial charge >= 0.3 is 0 Å². The summed E-state index contributed by atoms with van der Waals surface area (Å²) in [4.78, 5) is 26.3. The van der Waals surface area contributed by atoms with Gasteiger partial charge in [-0.05, 0) is 31.2 Å². The topological polar surface area (TPSA) is 80.1 Å². The number of halogens is 1. The van der Waals surface area contributed by atoms with E-state index in [1.165, 1.54) is 16.7 Å². The van der Waals surface area contributed by atoms with Crippen LogP contribution in [-0.4, -0.2) is 38.9 Å². The number of nitrogens with one attached hydrogen (secondary N) is 1. The second kappa shape index (κ2) is 8.26. The van der Waals surface area contributed by atoms with Crippen LogP contribution in [0.1, 0.15) is 6.92 Å². The Kier molecular flexibility index (Phi) is 5.55. The normalized spacial score (nSPS) is 13.2. The first-order valence-corrected chi connectivity index (χ1v) is 10.4. The van der Waals surface area contributed by atoms with Crippen LogP contribution in [0, 0.1) is 0 Å². The molecule has 0 spiro atoms. The summed E-state index contributed by atoms with van der Waals surface area (Å²) in [5.41, 5.74) is 2.21. The van der Waals surface area contributed by atoms with E-state index in [9.17, 15) is 9.59 Å². The Morgan fingerprint density at radius 1 is 1.21 bits per heavy atom. The molecule has 2 amide bonds. The Labute approximate surface area is 177 Å². The summed E-state index contributed by atoms with van der Waals surface area (Å²) in [7, 11) is 0. The van der Waals surface area contributed by atoms with Crippen molar-refractivity contribution in [1.82, 2.24) is 14.8 Å². The van der Waals surface area contributed by atoms with Crippen molar-refractivity contribution in [2.24, 2.45) is 0 Å². The van der Waals surface area contributed by atoms with Crippen LogP contribution in [0.15, 0.2) is 53.7 Å². The van der Waals surface area contributed by atoms with Gasteiger partial charge in [-0.1, -0.05) is 47.6 Å². The summed E-state index contributed by atoms with van der Waals surface area (Å²) in [6.45, 7) is 2.65. The summed E-state index contributed by atoms with van der Waals surface area (Å²) in [6, 6.07) is 14.7. The molecule has 0 bridgehead atoms. The van der Waals surface area contributed by atoms with E-state index in [-0.39, 0.29) is 24.1 Å². The maximum Gasteiger partial charge on any atom is 0.244 e. The van der Waals surface area contributed by atoms with Gasteiger partial charge in [0.25, 0.3) is 0 Å². The Balaban J connectivity index is 1.53. The van der Waals surface area contributed by atoms with E-state index in [1.54, 1.807) is 12.1 Å². The van der Waals surface area contributed by atoms with E-state index >= 15 is 0 Å². The summed E-state index contributed by atoms with van der Waals surface area (Å²) in [5, 5.41) is 12.6. The minimum absolute atomic E-state index is 0.00460. The summed E-state index contributed by atoms with van der Waals surface area (Å²) in [5.74, 6) is 0.483. The molecule has 7 nitrogen and oxygen atoms in total. The van der Waals surface area contributed by atoms with E-state index in [1.807, 2.05) is 47.9 Å². The van der Waals surface area contributed by atoms with Crippen LogP contribution >= 0.6 is 23.4 Å². The number of thioether (sulfide) groups is 1. The summed E-state index contributed by atoms with van der Waals surface area (Å²) < 4.78 is 1.94. The highest BCUT2D eigenvalue weighted by atomic mass is 35.5. The minimum Gasteiger partial charge on any atom is -0.323 e. The number of amides is 2. The molecular formula is C20H18ClN5O2S. The maximum absolute atomic E-state index is 12.9. The van der Waals surface area contributed by atoms with Crippen LogP contribution < -0.4 is 10.2 Å². The molecule has 1 aromatic heterocycles. The molecule has 0 saturated carbocycles. The third-order valence-electron chi connectivity index (χ3n) is 4.51. The number of hydrogen-bond donors (Lipinski definition) is 1. The molecule has 9 heteroatoms. The van der Waals surface area contributed by atoms with Gasteiger partial charge in [0.2, 0.25) is 11.8 Å². The van der Waals surface area contributed by atoms with E-state index in [2.05, 4.69) is 15.5 Å². The second-order valence-electron chi connectivity index (χ2n) is 6.39. The smallest absolute Gasteiger partial charge is 0.244 e. The third kappa shape index (κ3) is 3.99. The fourth-order valence-corrected chi connectivity index (χ4v) is 4.25. The van der Waals surface area contributed by atoms with Gasteiger partial charge in [-0.25, -0.2) is 0 Å². The number of aromatic nitrogens is 3. The second-order valence-corrected chi connectivity index (χ2v) is 7.77. The van der Waals surface area contributed by atoms with E-state index in [0.29, 0.717) is 33.9 Å². The molecule has 1 N–H and O–H groups in total. The Bertz CT molecular complexity index is 1080. The molecule has 0 unspecified atom stereocenters. The molecule has 0 aliphatic carbocycles. The Morgan fingerprint density at radius 3 is 2.83 bits per heavy atom. The molecule has 1 aliphatic rings. The molecule has 4 rings (SSSR count). The monoisotopic (exact) mass is 427 g/mol. The van der Waals surface area contributed by atoms with Gasteiger partial charge in [-0.15, -0.1) is 10.2 Å². The fraction of sp³-hybridized carbons (Fsp3) is 0.200. The lowest BCUT2D eigenvalue weighted by atomic mass is 10.2. The van der Waals surface area contributed by atoms with Gasteiger partial charge in [0.05, 0.1) is 17.1 Å². The predicted molar refractivity (Wildman–Crippen MR) is 114 cm³/mol. The molecule has 148 valence electrons. The lowest BCUT2D eigenvalue weighted by Crippen LogP contribution is -2.43. The van der Waals surface area contributed by atoms with Gasteiger partial charge in [0.15, 0.2) is 11.0 Å². The number of rotatable bonds is 5. The Morgan fingerprint density at radius 2 is 2.03 bits per heavy atom.